The van der Waals surface area contributed by atoms with Crippen LogP contribution in [0.2, 0.25) is 0 Å². The maximum Gasteiger partial charge on any atom is 0.161 e. The smallest absolute Gasteiger partial charge is 0.161 e. The van der Waals surface area contributed by atoms with Crippen LogP contribution < -0.4 is 14.8 Å². The highest BCUT2D eigenvalue weighted by atomic mass is 16.5. The van der Waals surface area contributed by atoms with E-state index in [1.54, 1.807) is 14.2 Å². The van der Waals surface area contributed by atoms with Crippen molar-refractivity contribution in [3.05, 3.63) is 23.8 Å². The highest BCUT2D eigenvalue weighted by Crippen LogP contribution is 2.48. The molecular weight excluding hydrogens is 266 g/mol. The highest BCUT2D eigenvalue weighted by molar-refractivity contribution is 5.43. The van der Waals surface area contributed by atoms with Gasteiger partial charge in [-0.15, -0.1) is 0 Å². The van der Waals surface area contributed by atoms with E-state index in [0.717, 1.165) is 30.9 Å². The van der Waals surface area contributed by atoms with Crippen molar-refractivity contribution < 1.29 is 14.6 Å². The van der Waals surface area contributed by atoms with E-state index in [-0.39, 0.29) is 6.61 Å². The summed E-state index contributed by atoms with van der Waals surface area (Å²) in [6.45, 7) is 3.44. The van der Waals surface area contributed by atoms with Gasteiger partial charge in [-0.1, -0.05) is 13.0 Å². The minimum atomic E-state index is 0.287. The lowest BCUT2D eigenvalue weighted by molar-refractivity contribution is 0.241. The van der Waals surface area contributed by atoms with E-state index in [0.29, 0.717) is 11.5 Å². The number of hydrogen-bond acceptors (Lipinski definition) is 4. The zero-order valence-electron chi connectivity index (χ0n) is 13.3. The van der Waals surface area contributed by atoms with Crippen LogP contribution in [-0.2, 0) is 0 Å². The molecule has 0 aliphatic heterocycles. The summed E-state index contributed by atoms with van der Waals surface area (Å²) in [5.74, 6) is 1.53. The van der Waals surface area contributed by atoms with E-state index >= 15 is 0 Å². The van der Waals surface area contributed by atoms with Crippen LogP contribution in [0.4, 0.5) is 0 Å². The predicted octanol–water partition coefficient (Wildman–Crippen LogP) is 2.91. The fourth-order valence-corrected chi connectivity index (χ4v) is 2.84. The molecule has 0 heterocycles. The summed E-state index contributed by atoms with van der Waals surface area (Å²) in [7, 11) is 3.31. The van der Waals surface area contributed by atoms with Crippen LogP contribution in [0, 0.1) is 5.41 Å². The summed E-state index contributed by atoms with van der Waals surface area (Å²) in [5, 5.41) is 12.8. The van der Waals surface area contributed by atoms with E-state index in [1.165, 1.54) is 18.4 Å². The first-order chi connectivity index (χ1) is 10.2. The molecule has 1 saturated carbocycles. The fourth-order valence-electron chi connectivity index (χ4n) is 2.84. The second-order valence-corrected chi connectivity index (χ2v) is 5.93. The van der Waals surface area contributed by atoms with Crippen molar-refractivity contribution >= 4 is 0 Å². The summed E-state index contributed by atoms with van der Waals surface area (Å²) >= 11 is 0. The Bertz CT molecular complexity index is 457. The van der Waals surface area contributed by atoms with Crippen LogP contribution in [0.1, 0.15) is 44.2 Å². The first kappa shape index (κ1) is 16.1. The lowest BCUT2D eigenvalue weighted by Gasteiger charge is -2.22. The first-order valence-corrected chi connectivity index (χ1v) is 7.74. The minimum Gasteiger partial charge on any atom is -0.493 e. The zero-order valence-corrected chi connectivity index (χ0v) is 13.3. The quantitative estimate of drug-likeness (QED) is 0.735. The third-order valence-corrected chi connectivity index (χ3v) is 4.54. The highest BCUT2D eigenvalue weighted by Gasteiger charge is 2.41. The molecule has 118 valence electrons. The van der Waals surface area contributed by atoms with Crippen molar-refractivity contribution in [3.8, 4) is 11.5 Å². The number of benzene rings is 1. The van der Waals surface area contributed by atoms with Gasteiger partial charge in [-0.05, 0) is 48.8 Å². The molecule has 1 atom stereocenters. The maximum atomic E-state index is 9.15. The molecule has 21 heavy (non-hydrogen) atoms. The Balaban J connectivity index is 2.03. The van der Waals surface area contributed by atoms with Crippen LogP contribution in [0.25, 0.3) is 0 Å². The number of ether oxygens (including phenoxy) is 2. The summed E-state index contributed by atoms with van der Waals surface area (Å²) in [6, 6.07) is 6.40. The van der Waals surface area contributed by atoms with Gasteiger partial charge >= 0.3 is 0 Å². The normalized spacial score (nSPS) is 17.3. The van der Waals surface area contributed by atoms with Crippen LogP contribution in [0.3, 0.4) is 0 Å². The van der Waals surface area contributed by atoms with Gasteiger partial charge in [-0.3, -0.25) is 0 Å². The third-order valence-electron chi connectivity index (χ3n) is 4.54. The van der Waals surface area contributed by atoms with Crippen molar-refractivity contribution in [1.29, 1.82) is 0 Å². The molecule has 0 amide bonds. The number of nitrogens with one attached hydrogen (secondary N) is 1. The zero-order chi connectivity index (χ0) is 15.3. The molecule has 1 aromatic carbocycles. The second-order valence-electron chi connectivity index (χ2n) is 5.93. The Kier molecular flexibility index (Phi) is 5.48. The minimum absolute atomic E-state index is 0.287. The van der Waals surface area contributed by atoms with Crippen molar-refractivity contribution in [3.63, 3.8) is 0 Å². The Morgan fingerprint density at radius 2 is 1.95 bits per heavy atom. The average Bonchev–Trinajstić information content (AvgIpc) is 3.28. The Morgan fingerprint density at radius 3 is 2.48 bits per heavy atom. The molecule has 0 aromatic heterocycles. The Hall–Kier alpha value is -1.26. The van der Waals surface area contributed by atoms with E-state index < -0.39 is 0 Å². The number of hydrogen-bond donors (Lipinski definition) is 2. The van der Waals surface area contributed by atoms with Gasteiger partial charge in [0, 0.05) is 19.2 Å². The molecule has 1 aliphatic rings. The molecule has 4 nitrogen and oxygen atoms in total. The molecule has 0 bridgehead atoms. The second kappa shape index (κ2) is 7.14. The van der Waals surface area contributed by atoms with E-state index in [2.05, 4.69) is 18.3 Å². The molecule has 2 rings (SSSR count). The van der Waals surface area contributed by atoms with Gasteiger partial charge in [0.05, 0.1) is 14.2 Å². The molecule has 0 spiro atoms. The van der Waals surface area contributed by atoms with E-state index in [1.807, 2.05) is 12.1 Å². The number of aliphatic hydroxyl groups is 1. The van der Waals surface area contributed by atoms with Crippen molar-refractivity contribution in [2.24, 2.45) is 5.41 Å². The SMILES string of the molecule is CCC(NCC1(CCO)CC1)c1ccc(OC)c(OC)c1. The molecule has 2 N–H and O–H groups in total. The van der Waals surface area contributed by atoms with E-state index in [9.17, 15) is 0 Å². The lowest BCUT2D eigenvalue weighted by Crippen LogP contribution is -2.28. The van der Waals surface area contributed by atoms with Crippen molar-refractivity contribution in [2.45, 2.75) is 38.6 Å². The summed E-state index contributed by atoms with van der Waals surface area (Å²) < 4.78 is 10.7. The Morgan fingerprint density at radius 1 is 1.24 bits per heavy atom. The van der Waals surface area contributed by atoms with Crippen molar-refractivity contribution in [1.82, 2.24) is 5.32 Å². The van der Waals surface area contributed by atoms with Gasteiger partial charge in [0.25, 0.3) is 0 Å². The third kappa shape index (κ3) is 3.89. The predicted molar refractivity (Wildman–Crippen MR) is 84.0 cm³/mol. The van der Waals surface area contributed by atoms with Crippen LogP contribution in [-0.4, -0.2) is 32.5 Å². The Labute approximate surface area is 127 Å². The van der Waals surface area contributed by atoms with Crippen molar-refractivity contribution in [2.75, 3.05) is 27.4 Å². The monoisotopic (exact) mass is 293 g/mol. The number of rotatable bonds is 9. The van der Waals surface area contributed by atoms with Gasteiger partial charge in [-0.25, -0.2) is 0 Å². The maximum absolute atomic E-state index is 9.15. The molecule has 0 saturated heterocycles. The topological polar surface area (TPSA) is 50.7 Å². The largest absolute Gasteiger partial charge is 0.493 e. The van der Waals surface area contributed by atoms with Gasteiger partial charge in [-0.2, -0.15) is 0 Å². The number of methoxy groups -OCH3 is 2. The standard InChI is InChI=1S/C17H27NO3/c1-4-14(18-12-17(7-8-17)9-10-19)13-5-6-15(20-2)16(11-13)21-3/h5-6,11,14,18-19H,4,7-10,12H2,1-3H3. The first-order valence-electron chi connectivity index (χ1n) is 7.74. The summed E-state index contributed by atoms with van der Waals surface area (Å²) in [5.41, 5.74) is 1.55. The van der Waals surface area contributed by atoms with Gasteiger partial charge in [0.2, 0.25) is 0 Å². The van der Waals surface area contributed by atoms with Crippen LogP contribution >= 0.6 is 0 Å². The molecular formula is C17H27NO3. The van der Waals surface area contributed by atoms with Gasteiger partial charge < -0.3 is 19.9 Å². The summed E-state index contributed by atoms with van der Waals surface area (Å²) in [4.78, 5) is 0. The number of aliphatic hydroxyl groups excluding tert-OH is 1. The lowest BCUT2D eigenvalue weighted by atomic mass is 9.99. The average molecular weight is 293 g/mol. The van der Waals surface area contributed by atoms with Crippen LogP contribution in [0.5, 0.6) is 11.5 Å². The molecule has 1 aliphatic carbocycles. The molecule has 1 aromatic rings. The van der Waals surface area contributed by atoms with Gasteiger partial charge in [0.1, 0.15) is 0 Å². The molecule has 4 heteroatoms. The molecule has 1 unspecified atom stereocenters. The van der Waals surface area contributed by atoms with Crippen LogP contribution in [0.15, 0.2) is 18.2 Å². The van der Waals surface area contributed by atoms with Gasteiger partial charge in [0.15, 0.2) is 11.5 Å². The summed E-state index contributed by atoms with van der Waals surface area (Å²) in [6.07, 6.45) is 4.37. The van der Waals surface area contributed by atoms with E-state index in [4.69, 9.17) is 14.6 Å². The molecule has 0 radical (unpaired) electrons. The molecule has 1 fully saturated rings. The fraction of sp³-hybridized carbons (Fsp3) is 0.647.